The van der Waals surface area contributed by atoms with Gasteiger partial charge in [-0.25, -0.2) is 15.0 Å². The van der Waals surface area contributed by atoms with Crippen molar-refractivity contribution in [3.8, 4) is 45.3 Å². The van der Waals surface area contributed by atoms with Crippen molar-refractivity contribution < 1.29 is 0 Å². The van der Waals surface area contributed by atoms with Crippen molar-refractivity contribution in [3.63, 3.8) is 0 Å². The lowest BCUT2D eigenvalue weighted by Crippen LogP contribution is -2.31. The first-order chi connectivity index (χ1) is 21.8. The summed E-state index contributed by atoms with van der Waals surface area (Å²) in [6, 6.07) is 53.7. The standard InChI is InChI=1S/C40H25N3S/c1-3-13-26(14-4-1)37-41-38(27-15-5-2-6-16-27)43-39(42-37)28-23-24-30-29-17-7-8-18-31(29)40(34(30)25-28)32-19-9-11-21-35(32)44-36-22-12-10-20-33(36)40/h1-25H. The first-order valence-corrected chi connectivity index (χ1v) is 15.6. The van der Waals surface area contributed by atoms with Crippen molar-refractivity contribution in [2.24, 2.45) is 0 Å². The summed E-state index contributed by atoms with van der Waals surface area (Å²) in [6.07, 6.45) is 0. The average Bonchev–Trinajstić information content (AvgIpc) is 3.39. The maximum atomic E-state index is 5.07. The first kappa shape index (κ1) is 25.2. The molecule has 4 heteroatoms. The summed E-state index contributed by atoms with van der Waals surface area (Å²) in [5.41, 5.74) is 10.2. The van der Waals surface area contributed by atoms with Crippen LogP contribution in [0.15, 0.2) is 161 Å². The molecule has 6 aromatic carbocycles. The SMILES string of the molecule is c1ccc(-c2nc(-c3ccccc3)nc(-c3ccc4c(c3)C3(c5ccccc5Sc5ccccc53)c3ccccc3-4)n2)cc1. The second-order valence-corrected chi connectivity index (χ2v) is 12.3. The number of nitrogens with zero attached hydrogens (tertiary/aromatic N) is 3. The molecule has 3 nitrogen and oxygen atoms in total. The topological polar surface area (TPSA) is 38.7 Å². The normalized spacial score (nSPS) is 13.5. The summed E-state index contributed by atoms with van der Waals surface area (Å²) in [4.78, 5) is 17.6. The smallest absolute Gasteiger partial charge is 0.164 e. The van der Waals surface area contributed by atoms with E-state index in [0.29, 0.717) is 17.5 Å². The van der Waals surface area contributed by atoms with Crippen molar-refractivity contribution in [1.82, 2.24) is 15.0 Å². The Morgan fingerprint density at radius 3 is 1.41 bits per heavy atom. The van der Waals surface area contributed by atoms with Crippen LogP contribution in [-0.2, 0) is 5.41 Å². The first-order valence-electron chi connectivity index (χ1n) is 14.8. The van der Waals surface area contributed by atoms with Crippen LogP contribution in [0.3, 0.4) is 0 Å². The molecule has 0 unspecified atom stereocenters. The van der Waals surface area contributed by atoms with Crippen molar-refractivity contribution in [3.05, 3.63) is 174 Å². The van der Waals surface area contributed by atoms with E-state index in [-0.39, 0.29) is 0 Å². The van der Waals surface area contributed by atoms with Crippen LogP contribution in [-0.4, -0.2) is 15.0 Å². The van der Waals surface area contributed by atoms with Crippen LogP contribution in [0, 0.1) is 0 Å². The van der Waals surface area contributed by atoms with E-state index >= 15 is 0 Å². The van der Waals surface area contributed by atoms with Gasteiger partial charge in [0.25, 0.3) is 0 Å². The molecule has 1 aliphatic heterocycles. The molecule has 2 heterocycles. The van der Waals surface area contributed by atoms with E-state index in [2.05, 4.69) is 115 Å². The molecule has 1 aliphatic carbocycles. The highest BCUT2D eigenvalue weighted by Gasteiger charge is 2.50. The Morgan fingerprint density at radius 2 is 0.818 bits per heavy atom. The molecule has 0 saturated heterocycles. The molecule has 7 aromatic rings. The number of rotatable bonds is 3. The van der Waals surface area contributed by atoms with Crippen molar-refractivity contribution in [2.75, 3.05) is 0 Å². The fraction of sp³-hybridized carbons (Fsp3) is 0.0250. The second kappa shape index (κ2) is 9.87. The average molecular weight is 580 g/mol. The minimum atomic E-state index is -0.447. The number of fused-ring (bicyclic) bond motifs is 9. The lowest BCUT2D eigenvalue weighted by Gasteiger charge is -2.39. The summed E-state index contributed by atoms with van der Waals surface area (Å²) >= 11 is 1.86. The molecule has 0 atom stereocenters. The lowest BCUT2D eigenvalue weighted by atomic mass is 9.67. The predicted octanol–water partition coefficient (Wildman–Crippen LogP) is 9.70. The van der Waals surface area contributed by atoms with Gasteiger partial charge in [0.15, 0.2) is 17.5 Å². The predicted molar refractivity (Wildman–Crippen MR) is 178 cm³/mol. The molecule has 9 rings (SSSR count). The van der Waals surface area contributed by atoms with Crippen LogP contribution in [0.4, 0.5) is 0 Å². The van der Waals surface area contributed by atoms with Gasteiger partial charge in [-0.3, -0.25) is 0 Å². The highest BCUT2D eigenvalue weighted by atomic mass is 32.2. The van der Waals surface area contributed by atoms with Gasteiger partial charge in [-0.1, -0.05) is 145 Å². The summed E-state index contributed by atoms with van der Waals surface area (Å²) in [7, 11) is 0. The van der Waals surface area contributed by atoms with Crippen LogP contribution in [0.2, 0.25) is 0 Å². The molecule has 0 fully saturated rings. The number of hydrogen-bond acceptors (Lipinski definition) is 4. The second-order valence-electron chi connectivity index (χ2n) is 11.2. The Bertz CT molecular complexity index is 2110. The van der Waals surface area contributed by atoms with Gasteiger partial charge in [0.2, 0.25) is 0 Å². The number of benzene rings is 6. The van der Waals surface area contributed by atoms with Gasteiger partial charge < -0.3 is 0 Å². The fourth-order valence-corrected chi connectivity index (χ4v) is 8.12. The van der Waals surface area contributed by atoms with E-state index in [4.69, 9.17) is 15.0 Å². The Kier molecular flexibility index (Phi) is 5.65. The Hall–Kier alpha value is -5.32. The zero-order valence-corrected chi connectivity index (χ0v) is 24.5. The Labute approximate surface area is 260 Å². The van der Waals surface area contributed by atoms with Gasteiger partial charge >= 0.3 is 0 Å². The molecule has 0 N–H and O–H groups in total. The van der Waals surface area contributed by atoms with Crippen LogP contribution < -0.4 is 0 Å². The van der Waals surface area contributed by atoms with E-state index in [1.807, 2.05) is 48.2 Å². The highest BCUT2D eigenvalue weighted by Crippen LogP contribution is 2.62. The number of aromatic nitrogens is 3. The van der Waals surface area contributed by atoms with Gasteiger partial charge in [0.05, 0.1) is 5.41 Å². The Morgan fingerprint density at radius 1 is 0.364 bits per heavy atom. The van der Waals surface area contributed by atoms with Crippen LogP contribution in [0.25, 0.3) is 45.3 Å². The van der Waals surface area contributed by atoms with E-state index in [9.17, 15) is 0 Å². The zero-order chi connectivity index (χ0) is 29.1. The largest absolute Gasteiger partial charge is 0.208 e. The molecule has 0 amide bonds. The summed E-state index contributed by atoms with van der Waals surface area (Å²) in [6.45, 7) is 0. The van der Waals surface area contributed by atoms with Gasteiger partial charge in [-0.15, -0.1) is 0 Å². The van der Waals surface area contributed by atoms with Gasteiger partial charge in [-0.05, 0) is 51.6 Å². The van der Waals surface area contributed by atoms with Gasteiger partial charge in [0, 0.05) is 26.5 Å². The minimum absolute atomic E-state index is 0.447. The highest BCUT2D eigenvalue weighted by molar-refractivity contribution is 7.99. The molecule has 206 valence electrons. The molecule has 1 spiro atoms. The molecule has 2 aliphatic rings. The molecule has 44 heavy (non-hydrogen) atoms. The van der Waals surface area contributed by atoms with Crippen LogP contribution in [0.1, 0.15) is 22.3 Å². The third kappa shape index (κ3) is 3.68. The summed E-state index contributed by atoms with van der Waals surface area (Å²) in [5, 5.41) is 0. The van der Waals surface area contributed by atoms with Crippen LogP contribution >= 0.6 is 11.8 Å². The summed E-state index contributed by atoms with van der Waals surface area (Å²) in [5.74, 6) is 1.99. The van der Waals surface area contributed by atoms with Crippen molar-refractivity contribution >= 4 is 11.8 Å². The lowest BCUT2D eigenvalue weighted by molar-refractivity contribution is 0.722. The molecule has 0 radical (unpaired) electrons. The zero-order valence-electron chi connectivity index (χ0n) is 23.7. The van der Waals surface area contributed by atoms with Gasteiger partial charge in [-0.2, -0.15) is 0 Å². The molecular weight excluding hydrogens is 555 g/mol. The molecule has 0 bridgehead atoms. The third-order valence-corrected chi connectivity index (χ3v) is 9.96. The minimum Gasteiger partial charge on any atom is -0.208 e. The molecule has 1 aromatic heterocycles. The summed E-state index contributed by atoms with van der Waals surface area (Å²) < 4.78 is 0. The Balaban J connectivity index is 1.33. The van der Waals surface area contributed by atoms with Crippen molar-refractivity contribution in [2.45, 2.75) is 15.2 Å². The van der Waals surface area contributed by atoms with Gasteiger partial charge in [0.1, 0.15) is 0 Å². The fourth-order valence-electron chi connectivity index (χ4n) is 6.93. The molecule has 0 saturated carbocycles. The van der Waals surface area contributed by atoms with Crippen LogP contribution in [0.5, 0.6) is 0 Å². The van der Waals surface area contributed by atoms with E-state index in [1.54, 1.807) is 0 Å². The van der Waals surface area contributed by atoms with Crippen molar-refractivity contribution in [1.29, 1.82) is 0 Å². The van der Waals surface area contributed by atoms with E-state index in [0.717, 1.165) is 16.7 Å². The third-order valence-electron chi connectivity index (χ3n) is 8.80. The quantitative estimate of drug-likeness (QED) is 0.209. The number of hydrogen-bond donors (Lipinski definition) is 0. The monoisotopic (exact) mass is 579 g/mol. The van der Waals surface area contributed by atoms with E-state index in [1.165, 1.54) is 43.2 Å². The maximum Gasteiger partial charge on any atom is 0.164 e. The maximum absolute atomic E-state index is 5.07. The van der Waals surface area contributed by atoms with E-state index < -0.39 is 5.41 Å². The molecular formula is C40H25N3S.